The molecule has 10 heavy (non-hydrogen) atoms. The van der Waals surface area contributed by atoms with Crippen molar-refractivity contribution in [3.8, 4) is 0 Å². The predicted molar refractivity (Wildman–Crippen MR) is 24.9 cm³/mol. The van der Waals surface area contributed by atoms with Gasteiger partial charge in [0.2, 0.25) is 0 Å². The molecule has 3 nitrogen and oxygen atoms in total. The van der Waals surface area contributed by atoms with Gasteiger partial charge in [-0.05, 0) is 0 Å². The minimum atomic E-state index is 0. The predicted octanol–water partition coefficient (Wildman–Crippen LogP) is -2.76. The van der Waals surface area contributed by atoms with Gasteiger partial charge in [0, 0.05) is 21.1 Å². The van der Waals surface area contributed by atoms with E-state index < -0.39 is 0 Å². The largest absolute Gasteiger partial charge is 1.00 e. The van der Waals surface area contributed by atoms with Crippen molar-refractivity contribution < 1.29 is 88.5 Å². The van der Waals surface area contributed by atoms with E-state index in [4.69, 9.17) is 0 Å². The summed E-state index contributed by atoms with van der Waals surface area (Å²) in [5.74, 6) is 0.458. The van der Waals surface area contributed by atoms with Gasteiger partial charge in [0.05, 0.1) is 6.39 Å². The summed E-state index contributed by atoms with van der Waals surface area (Å²) in [5.41, 5.74) is 0.199. The van der Waals surface area contributed by atoms with Crippen LogP contribution in [0.15, 0.2) is 4.42 Å². The molecule has 48 valence electrons. The van der Waals surface area contributed by atoms with Crippen LogP contribution >= 0.6 is 0 Å². The van der Waals surface area contributed by atoms with E-state index in [0.29, 0.717) is 5.76 Å². The number of aromatic nitrogens is 1. The van der Waals surface area contributed by atoms with Gasteiger partial charge in [-0.2, -0.15) is 0 Å². The molecule has 0 N–H and O–H groups in total. The molecule has 1 rings (SSSR count). The molecule has 0 aliphatic rings. The van der Waals surface area contributed by atoms with Crippen molar-refractivity contribution in [2.45, 2.75) is 6.92 Å². The molecule has 0 saturated heterocycles. The number of carbonyl (C=O) groups excluding carboxylic acids is 1. The second-order valence-electron chi connectivity index (χ2n) is 1.31. The van der Waals surface area contributed by atoms with Gasteiger partial charge in [0.1, 0.15) is 0 Å². The topological polar surface area (TPSA) is 43.1 Å². The quantitative estimate of drug-likeness (QED) is 0.498. The second-order valence-corrected chi connectivity index (χ2v) is 1.31. The Balaban J connectivity index is 0. The smallest absolute Gasteiger partial charge is 0.609 e. The second kappa shape index (κ2) is 7.05. The van der Waals surface area contributed by atoms with Crippen LogP contribution in [0.5, 0.6) is 0 Å². The minimum absolute atomic E-state index is 0. The monoisotopic (exact) mass is 378 g/mol. The average molecular weight is 378 g/mol. The summed E-state index contributed by atoms with van der Waals surface area (Å²) in [4.78, 5) is 13.2. The summed E-state index contributed by atoms with van der Waals surface area (Å²) in [7, 11) is 0. The van der Waals surface area contributed by atoms with Gasteiger partial charge in [0.15, 0.2) is 0 Å². The first-order valence-corrected chi connectivity index (χ1v) is 2.06. The van der Waals surface area contributed by atoms with E-state index in [1.807, 2.05) is 0 Å². The number of rotatable bonds is 1. The molecule has 1 aromatic rings. The van der Waals surface area contributed by atoms with Gasteiger partial charge in [-0.1, -0.05) is 19.0 Å². The summed E-state index contributed by atoms with van der Waals surface area (Å²) in [6.07, 6.45) is 3.75. The molecule has 0 aromatic carbocycles. The molecule has 0 amide bonds. The average Bonchev–Trinajstić information content (AvgIpc) is 2.14. The number of hydrogen-bond donors (Lipinski definition) is 0. The van der Waals surface area contributed by atoms with Crippen LogP contribution < -0.4 is 58.2 Å². The Kier molecular flexibility index (Phi) is 9.81. The van der Waals surface area contributed by atoms with Gasteiger partial charge in [0.25, 0.3) is 0 Å². The zero-order valence-corrected chi connectivity index (χ0v) is 13.5. The van der Waals surface area contributed by atoms with E-state index in [-0.39, 0.29) is 84.9 Å². The summed E-state index contributed by atoms with van der Waals surface area (Å²) in [6.45, 7) is 1.63. The molecule has 0 saturated carbocycles. The van der Waals surface area contributed by atoms with Crippen molar-refractivity contribution in [2.75, 3.05) is 0 Å². The van der Waals surface area contributed by atoms with Gasteiger partial charge in [-0.25, -0.2) is 0 Å². The van der Waals surface area contributed by atoms with Crippen LogP contribution in [0.2, 0.25) is 0 Å². The summed E-state index contributed by atoms with van der Waals surface area (Å²) < 4.78 is 4.56. The van der Waals surface area contributed by atoms with Crippen molar-refractivity contribution in [1.82, 2.24) is 4.98 Å². The number of oxazole rings is 1. The first-order valence-electron chi connectivity index (χ1n) is 2.06. The Morgan fingerprint density at radius 2 is 2.30 bits per heavy atom. The van der Waals surface area contributed by atoms with Crippen LogP contribution in [0.1, 0.15) is 11.5 Å². The molecular weight excluding hydrogens is 375 g/mol. The molecule has 0 bridgehead atoms. The normalized spacial score (nSPS) is 7.30. The van der Waals surface area contributed by atoms with Crippen LogP contribution in [0, 0.1) is 13.3 Å². The van der Waals surface area contributed by atoms with E-state index >= 15 is 0 Å². The minimum Gasteiger partial charge on any atom is -0.609 e. The first-order chi connectivity index (χ1) is 3.84. The van der Waals surface area contributed by atoms with Gasteiger partial charge in [-0.15, -0.1) is 5.69 Å². The van der Waals surface area contributed by atoms with Gasteiger partial charge < -0.3 is 14.2 Å². The molecule has 0 spiro atoms. The van der Waals surface area contributed by atoms with Crippen molar-refractivity contribution >= 4 is 6.29 Å². The Hall–Kier alpha value is 1.37. The fourth-order valence-corrected chi connectivity index (χ4v) is 0.359. The Labute approximate surface area is 122 Å². The van der Waals surface area contributed by atoms with Gasteiger partial charge >= 0.3 is 58.2 Å². The van der Waals surface area contributed by atoms with E-state index in [0.717, 1.165) is 0 Å². The number of hydrogen-bond acceptors (Lipinski definition) is 3. The Bertz CT molecular complexity index is 201. The van der Waals surface area contributed by atoms with Crippen molar-refractivity contribution in [3.05, 3.63) is 17.8 Å². The van der Waals surface area contributed by atoms with Crippen LogP contribution in [0.25, 0.3) is 0 Å². The third kappa shape index (κ3) is 3.67. The SMILES string of the molecule is Cc1o[c-]nc1[C-]=O.[Rb+].[W]. The Morgan fingerprint density at radius 3 is 2.50 bits per heavy atom. The molecule has 0 aliphatic carbocycles. The van der Waals surface area contributed by atoms with E-state index in [1.54, 1.807) is 13.2 Å². The fraction of sp³-hybridized carbons (Fsp3) is 0.200. The summed E-state index contributed by atoms with van der Waals surface area (Å²) in [5, 5.41) is 0. The standard InChI is InChI=1S/C5H3NO2.Rb.W/c1-4-5(2-7)6-3-8-4;;/h1H3;;/q-2;+1;. The molecule has 0 radical (unpaired) electrons. The Morgan fingerprint density at radius 1 is 1.70 bits per heavy atom. The van der Waals surface area contributed by atoms with Crippen LogP contribution in [0.3, 0.4) is 0 Å². The number of nitrogens with zero attached hydrogens (tertiary/aromatic N) is 1. The third-order valence-electron chi connectivity index (χ3n) is 0.786. The first kappa shape index (κ1) is 13.9. The molecule has 5 heteroatoms. The van der Waals surface area contributed by atoms with E-state index in [9.17, 15) is 4.79 Å². The fourth-order valence-electron chi connectivity index (χ4n) is 0.359. The molecular formula is C5H3NO2RbW-. The molecule has 0 atom stereocenters. The number of aryl methyl sites for hydroxylation is 1. The van der Waals surface area contributed by atoms with Crippen LogP contribution in [-0.2, 0) is 25.9 Å². The molecule has 0 aliphatic heterocycles. The van der Waals surface area contributed by atoms with Gasteiger partial charge in [-0.3, -0.25) is 0 Å². The molecule has 1 aromatic heterocycles. The van der Waals surface area contributed by atoms with Crippen molar-refractivity contribution in [2.24, 2.45) is 0 Å². The maximum atomic E-state index is 9.82. The zero-order chi connectivity index (χ0) is 5.98. The van der Waals surface area contributed by atoms with E-state index in [2.05, 4.69) is 15.8 Å². The molecule has 0 unspecified atom stereocenters. The van der Waals surface area contributed by atoms with Crippen molar-refractivity contribution in [3.63, 3.8) is 0 Å². The summed E-state index contributed by atoms with van der Waals surface area (Å²) in [6, 6.07) is 0. The van der Waals surface area contributed by atoms with E-state index in [1.165, 1.54) is 0 Å². The maximum Gasteiger partial charge on any atom is 1.00 e. The third-order valence-corrected chi connectivity index (χ3v) is 0.786. The van der Waals surface area contributed by atoms with Crippen molar-refractivity contribution in [1.29, 1.82) is 0 Å². The maximum absolute atomic E-state index is 9.82. The molecule has 0 fully saturated rings. The zero-order valence-electron chi connectivity index (χ0n) is 5.67. The van der Waals surface area contributed by atoms with Crippen LogP contribution in [-0.4, -0.2) is 11.3 Å². The van der Waals surface area contributed by atoms with Crippen LogP contribution in [0.4, 0.5) is 0 Å². The summed E-state index contributed by atoms with van der Waals surface area (Å²) >= 11 is 0. The molecule has 1 heterocycles.